The van der Waals surface area contributed by atoms with E-state index in [0.717, 1.165) is 15.4 Å². The molecule has 0 aliphatic carbocycles. The first-order chi connectivity index (χ1) is 10.4. The number of thiazole rings is 1. The third-order valence-corrected chi connectivity index (χ3v) is 6.24. The SMILES string of the molecule is CC(C)c1ccc(-c2ncc(CS(=O)(=O)CCCO)s2)cc1. The second-order valence-corrected chi connectivity index (χ2v) is 8.88. The van der Waals surface area contributed by atoms with E-state index in [9.17, 15) is 8.42 Å². The minimum absolute atomic E-state index is 0.00521. The van der Waals surface area contributed by atoms with Gasteiger partial charge in [-0.25, -0.2) is 13.4 Å². The van der Waals surface area contributed by atoms with Crippen LogP contribution in [0.4, 0.5) is 0 Å². The molecule has 0 saturated heterocycles. The standard InChI is InChI=1S/C16H21NO3S2/c1-12(2)13-4-6-14(7-5-13)16-17-10-15(21-16)11-22(19,20)9-3-8-18/h4-7,10,12,18H,3,8-9,11H2,1-2H3. The number of nitrogens with zero attached hydrogens (tertiary/aromatic N) is 1. The summed E-state index contributed by atoms with van der Waals surface area (Å²) in [5.74, 6) is 0.492. The highest BCUT2D eigenvalue weighted by Crippen LogP contribution is 2.27. The summed E-state index contributed by atoms with van der Waals surface area (Å²) in [6, 6.07) is 8.22. The average Bonchev–Trinajstić information content (AvgIpc) is 2.93. The van der Waals surface area contributed by atoms with E-state index < -0.39 is 9.84 Å². The number of aliphatic hydroxyl groups is 1. The maximum absolute atomic E-state index is 11.9. The fourth-order valence-corrected chi connectivity index (χ4v) is 4.80. The van der Waals surface area contributed by atoms with E-state index in [0.29, 0.717) is 5.92 Å². The summed E-state index contributed by atoms with van der Waals surface area (Å²) >= 11 is 1.41. The van der Waals surface area contributed by atoms with Crippen molar-refractivity contribution in [3.05, 3.63) is 40.9 Å². The predicted molar refractivity (Wildman–Crippen MR) is 90.8 cm³/mol. The number of benzene rings is 1. The van der Waals surface area contributed by atoms with E-state index in [4.69, 9.17) is 5.11 Å². The second-order valence-electron chi connectivity index (χ2n) is 5.58. The Kier molecular flexibility index (Phi) is 5.72. The van der Waals surface area contributed by atoms with Crippen LogP contribution < -0.4 is 0 Å². The van der Waals surface area contributed by atoms with Crippen molar-refractivity contribution in [1.29, 1.82) is 0 Å². The van der Waals surface area contributed by atoms with E-state index in [1.54, 1.807) is 6.20 Å². The Morgan fingerprint density at radius 2 is 1.91 bits per heavy atom. The van der Waals surface area contributed by atoms with Crippen LogP contribution in [-0.2, 0) is 15.6 Å². The molecule has 120 valence electrons. The largest absolute Gasteiger partial charge is 0.396 e. The summed E-state index contributed by atoms with van der Waals surface area (Å²) in [7, 11) is -3.17. The number of hydrogen-bond donors (Lipinski definition) is 1. The number of aliphatic hydroxyl groups excluding tert-OH is 1. The van der Waals surface area contributed by atoms with Gasteiger partial charge in [-0.3, -0.25) is 0 Å². The van der Waals surface area contributed by atoms with Crippen molar-refractivity contribution in [3.8, 4) is 10.6 Å². The van der Waals surface area contributed by atoms with Gasteiger partial charge < -0.3 is 5.11 Å². The molecule has 0 aliphatic rings. The molecule has 0 unspecified atom stereocenters. The smallest absolute Gasteiger partial charge is 0.155 e. The van der Waals surface area contributed by atoms with Gasteiger partial charge in [-0.15, -0.1) is 11.3 Å². The summed E-state index contributed by atoms with van der Waals surface area (Å²) < 4.78 is 23.8. The summed E-state index contributed by atoms with van der Waals surface area (Å²) in [5, 5.41) is 9.57. The van der Waals surface area contributed by atoms with E-state index in [1.807, 2.05) is 12.1 Å². The molecule has 1 N–H and O–H groups in total. The molecule has 0 amide bonds. The van der Waals surface area contributed by atoms with Gasteiger partial charge in [0.25, 0.3) is 0 Å². The Bertz CT molecular complexity index is 703. The van der Waals surface area contributed by atoms with Crippen molar-refractivity contribution >= 4 is 21.2 Å². The monoisotopic (exact) mass is 339 g/mol. The molecule has 0 fully saturated rings. The first kappa shape index (κ1) is 17.1. The summed E-state index contributed by atoms with van der Waals surface area (Å²) in [4.78, 5) is 5.07. The van der Waals surface area contributed by atoms with E-state index >= 15 is 0 Å². The summed E-state index contributed by atoms with van der Waals surface area (Å²) in [6.45, 7) is 4.19. The number of aromatic nitrogens is 1. The van der Waals surface area contributed by atoms with Crippen LogP contribution in [0.1, 0.15) is 36.6 Å². The average molecular weight is 339 g/mol. The lowest BCUT2D eigenvalue weighted by Gasteiger charge is -2.05. The number of rotatable bonds is 7. The van der Waals surface area contributed by atoms with Crippen LogP contribution in [0.3, 0.4) is 0 Å². The molecule has 2 rings (SSSR count). The molecule has 1 heterocycles. The van der Waals surface area contributed by atoms with Gasteiger partial charge >= 0.3 is 0 Å². The van der Waals surface area contributed by atoms with E-state index in [-0.39, 0.29) is 24.5 Å². The minimum Gasteiger partial charge on any atom is -0.396 e. The minimum atomic E-state index is -3.17. The van der Waals surface area contributed by atoms with Gasteiger partial charge in [-0.2, -0.15) is 0 Å². The Morgan fingerprint density at radius 1 is 1.23 bits per heavy atom. The van der Waals surface area contributed by atoms with Gasteiger partial charge in [0.05, 0.1) is 11.5 Å². The van der Waals surface area contributed by atoms with Crippen LogP contribution in [0, 0.1) is 0 Å². The topological polar surface area (TPSA) is 67.3 Å². The highest BCUT2D eigenvalue weighted by atomic mass is 32.2. The van der Waals surface area contributed by atoms with Gasteiger partial charge in [-0.1, -0.05) is 38.1 Å². The zero-order valence-electron chi connectivity index (χ0n) is 12.8. The van der Waals surface area contributed by atoms with Gasteiger partial charge in [-0.05, 0) is 17.9 Å². The van der Waals surface area contributed by atoms with Crippen LogP contribution in [0.2, 0.25) is 0 Å². The van der Waals surface area contributed by atoms with Gasteiger partial charge in [0.1, 0.15) is 5.01 Å². The second kappa shape index (κ2) is 7.35. The molecule has 22 heavy (non-hydrogen) atoms. The quantitative estimate of drug-likeness (QED) is 0.841. The van der Waals surface area contributed by atoms with Crippen molar-refractivity contribution < 1.29 is 13.5 Å². The van der Waals surface area contributed by atoms with Crippen molar-refractivity contribution in [2.24, 2.45) is 0 Å². The van der Waals surface area contributed by atoms with Gasteiger partial charge in [0.2, 0.25) is 0 Å². The third kappa shape index (κ3) is 4.63. The first-order valence-corrected chi connectivity index (χ1v) is 9.91. The zero-order chi connectivity index (χ0) is 16.2. The van der Waals surface area contributed by atoms with Crippen LogP contribution >= 0.6 is 11.3 Å². The highest BCUT2D eigenvalue weighted by molar-refractivity contribution is 7.90. The van der Waals surface area contributed by atoms with Crippen LogP contribution in [0.5, 0.6) is 0 Å². The maximum atomic E-state index is 11.9. The van der Waals surface area contributed by atoms with Gasteiger partial charge in [0.15, 0.2) is 9.84 Å². The Morgan fingerprint density at radius 3 is 2.50 bits per heavy atom. The lowest BCUT2D eigenvalue weighted by Crippen LogP contribution is -2.09. The molecule has 0 bridgehead atoms. The van der Waals surface area contributed by atoms with Crippen LogP contribution in [0.15, 0.2) is 30.5 Å². The predicted octanol–water partition coefficient (Wildman–Crippen LogP) is 3.23. The molecule has 1 aromatic carbocycles. The molecule has 0 radical (unpaired) electrons. The highest BCUT2D eigenvalue weighted by Gasteiger charge is 2.14. The Hall–Kier alpha value is -1.24. The lowest BCUT2D eigenvalue weighted by atomic mass is 10.0. The first-order valence-electron chi connectivity index (χ1n) is 7.27. The molecular formula is C16H21NO3S2. The van der Waals surface area contributed by atoms with Crippen LogP contribution in [0.25, 0.3) is 10.6 Å². The fourth-order valence-electron chi connectivity index (χ4n) is 2.09. The fraction of sp³-hybridized carbons (Fsp3) is 0.438. The lowest BCUT2D eigenvalue weighted by molar-refractivity contribution is 0.295. The van der Waals surface area contributed by atoms with E-state index in [1.165, 1.54) is 16.9 Å². The van der Waals surface area contributed by atoms with Crippen LogP contribution in [-0.4, -0.2) is 30.9 Å². The van der Waals surface area contributed by atoms with Crippen molar-refractivity contribution in [1.82, 2.24) is 4.98 Å². The Balaban J connectivity index is 2.11. The normalized spacial score (nSPS) is 12.0. The van der Waals surface area contributed by atoms with E-state index in [2.05, 4.69) is 31.0 Å². The maximum Gasteiger partial charge on any atom is 0.155 e. The molecule has 6 heteroatoms. The molecule has 0 aliphatic heterocycles. The molecule has 0 spiro atoms. The molecule has 1 aromatic heterocycles. The molecule has 4 nitrogen and oxygen atoms in total. The van der Waals surface area contributed by atoms with Crippen molar-refractivity contribution in [2.45, 2.75) is 31.9 Å². The number of sulfone groups is 1. The zero-order valence-corrected chi connectivity index (χ0v) is 14.5. The molecule has 2 aromatic rings. The summed E-state index contributed by atoms with van der Waals surface area (Å²) in [5.41, 5.74) is 2.28. The molecular weight excluding hydrogens is 318 g/mol. The van der Waals surface area contributed by atoms with Crippen molar-refractivity contribution in [3.63, 3.8) is 0 Å². The molecule has 0 saturated carbocycles. The molecule has 0 atom stereocenters. The van der Waals surface area contributed by atoms with Gasteiger partial charge in [0, 0.05) is 23.2 Å². The summed E-state index contributed by atoms with van der Waals surface area (Å²) in [6.07, 6.45) is 1.91. The van der Waals surface area contributed by atoms with Crippen molar-refractivity contribution in [2.75, 3.05) is 12.4 Å². The Labute approximate surface area is 135 Å². The number of hydrogen-bond acceptors (Lipinski definition) is 5. The third-order valence-electron chi connectivity index (χ3n) is 3.35.